The molecule has 0 amide bonds. The number of hydrogen-bond acceptors (Lipinski definition) is 1. The van der Waals surface area contributed by atoms with Crippen LogP contribution >= 0.6 is 0 Å². The Balaban J connectivity index is 2.59. The average Bonchev–Trinajstić information content (AvgIpc) is 2.15. The predicted molar refractivity (Wildman–Crippen MR) is 63.2 cm³/mol. The van der Waals surface area contributed by atoms with Gasteiger partial charge in [0.25, 0.3) is 0 Å². The minimum atomic E-state index is 0.887. The van der Waals surface area contributed by atoms with E-state index in [1.807, 2.05) is 0 Å². The number of nitrogens with one attached hydrogen (secondary N) is 1. The second-order valence-corrected chi connectivity index (χ2v) is 3.50. The molecule has 14 heavy (non-hydrogen) atoms. The first-order chi connectivity index (χ1) is 6.74. The molecule has 1 aromatic rings. The molecular weight excluding hydrogens is 172 g/mol. The molecule has 0 unspecified atom stereocenters. The van der Waals surface area contributed by atoms with E-state index >= 15 is 0 Å². The molecule has 2 nitrogen and oxygen atoms in total. The van der Waals surface area contributed by atoms with Gasteiger partial charge in [0, 0.05) is 12.2 Å². The molecule has 0 fully saturated rings. The number of nitrogens with zero attached hydrogens (tertiary/aromatic N) is 1. The number of aryl methyl sites for hydroxylation is 2. The summed E-state index contributed by atoms with van der Waals surface area (Å²) in [6.45, 7) is 7.21. The van der Waals surface area contributed by atoms with Crippen molar-refractivity contribution in [2.45, 2.75) is 27.2 Å². The van der Waals surface area contributed by atoms with Crippen molar-refractivity contribution in [1.82, 2.24) is 0 Å². The second-order valence-electron chi connectivity index (χ2n) is 3.50. The maximum absolute atomic E-state index is 4.21. The van der Waals surface area contributed by atoms with E-state index in [-0.39, 0.29) is 0 Å². The first-order valence-corrected chi connectivity index (χ1v) is 5.06. The van der Waals surface area contributed by atoms with Crippen molar-refractivity contribution in [3.05, 3.63) is 29.3 Å². The maximum atomic E-state index is 4.21. The lowest BCUT2D eigenvalue weighted by atomic mass is 10.1. The highest BCUT2D eigenvalue weighted by Gasteiger charge is 1.94. The summed E-state index contributed by atoms with van der Waals surface area (Å²) in [4.78, 5) is 4.21. The van der Waals surface area contributed by atoms with E-state index in [0.29, 0.717) is 0 Å². The zero-order valence-corrected chi connectivity index (χ0v) is 9.17. The summed E-state index contributed by atoms with van der Waals surface area (Å²) in [7, 11) is 0. The van der Waals surface area contributed by atoms with Gasteiger partial charge in [0.15, 0.2) is 0 Å². The summed E-state index contributed by atoms with van der Waals surface area (Å²) in [6.07, 6.45) is 2.87. The van der Waals surface area contributed by atoms with E-state index in [1.54, 1.807) is 6.34 Å². The molecule has 0 radical (unpaired) electrons. The summed E-state index contributed by atoms with van der Waals surface area (Å²) in [5.41, 5.74) is 3.68. The van der Waals surface area contributed by atoms with Crippen molar-refractivity contribution in [2.24, 2.45) is 4.99 Å². The Labute approximate surface area is 86.1 Å². The minimum Gasteiger partial charge on any atom is -0.347 e. The Kier molecular flexibility index (Phi) is 4.17. The first kappa shape index (κ1) is 10.8. The second kappa shape index (κ2) is 5.43. The quantitative estimate of drug-likeness (QED) is 0.572. The van der Waals surface area contributed by atoms with Gasteiger partial charge in [-0.2, -0.15) is 0 Å². The van der Waals surface area contributed by atoms with Crippen LogP contribution in [0.2, 0.25) is 0 Å². The Bertz CT molecular complexity index is 316. The summed E-state index contributed by atoms with van der Waals surface area (Å²) in [5, 5.41) is 3.18. The molecule has 0 saturated carbocycles. The highest BCUT2D eigenvalue weighted by atomic mass is 14.9. The molecule has 1 aromatic carbocycles. The number of aliphatic imine (C=N–C) groups is 1. The van der Waals surface area contributed by atoms with Gasteiger partial charge in [-0.1, -0.05) is 24.6 Å². The lowest BCUT2D eigenvalue weighted by molar-refractivity contribution is 0.936. The van der Waals surface area contributed by atoms with Gasteiger partial charge in [-0.15, -0.1) is 0 Å². The molecule has 0 aliphatic heterocycles. The first-order valence-electron chi connectivity index (χ1n) is 5.06. The summed E-state index contributed by atoms with van der Waals surface area (Å²) in [6, 6.07) is 6.35. The predicted octanol–water partition coefficient (Wildman–Crippen LogP) is 3.15. The zero-order valence-electron chi connectivity index (χ0n) is 9.17. The summed E-state index contributed by atoms with van der Waals surface area (Å²) >= 11 is 0. The van der Waals surface area contributed by atoms with Crippen LogP contribution in [0, 0.1) is 13.8 Å². The summed E-state index contributed by atoms with van der Waals surface area (Å²) in [5.74, 6) is 0. The van der Waals surface area contributed by atoms with Crippen LogP contribution in [-0.4, -0.2) is 12.9 Å². The molecular formula is C12H18N2. The number of benzene rings is 1. The van der Waals surface area contributed by atoms with Crippen molar-refractivity contribution < 1.29 is 0 Å². The van der Waals surface area contributed by atoms with E-state index in [4.69, 9.17) is 0 Å². The fourth-order valence-electron chi connectivity index (χ4n) is 1.28. The van der Waals surface area contributed by atoms with Crippen LogP contribution < -0.4 is 5.32 Å². The molecule has 0 spiro atoms. The van der Waals surface area contributed by atoms with Gasteiger partial charge in [0.2, 0.25) is 0 Å². The molecule has 0 aliphatic carbocycles. The monoisotopic (exact) mass is 190 g/mol. The molecule has 0 bridgehead atoms. The van der Waals surface area contributed by atoms with E-state index in [0.717, 1.165) is 18.7 Å². The lowest BCUT2D eigenvalue weighted by Gasteiger charge is -2.05. The van der Waals surface area contributed by atoms with Gasteiger partial charge in [-0.05, 0) is 31.9 Å². The Morgan fingerprint density at radius 2 is 2.14 bits per heavy atom. The van der Waals surface area contributed by atoms with Crippen LogP contribution in [0.25, 0.3) is 0 Å². The van der Waals surface area contributed by atoms with E-state index < -0.39 is 0 Å². The zero-order chi connectivity index (χ0) is 10.4. The Hall–Kier alpha value is -1.31. The molecule has 2 heteroatoms. The smallest absolute Gasteiger partial charge is 0.0867 e. The highest BCUT2D eigenvalue weighted by Crippen LogP contribution is 2.14. The molecule has 1 N–H and O–H groups in total. The maximum Gasteiger partial charge on any atom is 0.0867 e. The number of hydrogen-bond donors (Lipinski definition) is 1. The fourth-order valence-corrected chi connectivity index (χ4v) is 1.28. The molecule has 1 rings (SSSR count). The van der Waals surface area contributed by atoms with Crippen molar-refractivity contribution in [1.29, 1.82) is 0 Å². The van der Waals surface area contributed by atoms with Gasteiger partial charge in [-0.25, -0.2) is 0 Å². The molecule has 0 saturated heterocycles. The van der Waals surface area contributed by atoms with Gasteiger partial charge >= 0.3 is 0 Å². The highest BCUT2D eigenvalue weighted by molar-refractivity contribution is 5.77. The van der Waals surface area contributed by atoms with Gasteiger partial charge in [0.1, 0.15) is 0 Å². The van der Waals surface area contributed by atoms with Crippen LogP contribution in [0.4, 0.5) is 5.69 Å². The third-order valence-electron chi connectivity index (χ3n) is 2.05. The molecule has 76 valence electrons. The molecule has 0 heterocycles. The SMILES string of the molecule is CCCN=CNc1ccc(C)cc1C. The fraction of sp³-hybridized carbons (Fsp3) is 0.417. The van der Waals surface area contributed by atoms with E-state index in [2.05, 4.69) is 49.3 Å². The van der Waals surface area contributed by atoms with Crippen LogP contribution in [0.3, 0.4) is 0 Å². The van der Waals surface area contributed by atoms with Crippen LogP contribution in [0.1, 0.15) is 24.5 Å². The van der Waals surface area contributed by atoms with E-state index in [1.165, 1.54) is 11.1 Å². The lowest BCUT2D eigenvalue weighted by Crippen LogP contribution is -1.97. The summed E-state index contributed by atoms with van der Waals surface area (Å²) < 4.78 is 0. The van der Waals surface area contributed by atoms with E-state index in [9.17, 15) is 0 Å². The normalized spacial score (nSPS) is 10.8. The largest absolute Gasteiger partial charge is 0.347 e. The van der Waals surface area contributed by atoms with Crippen molar-refractivity contribution in [3.8, 4) is 0 Å². The van der Waals surface area contributed by atoms with Gasteiger partial charge in [-0.3, -0.25) is 4.99 Å². The van der Waals surface area contributed by atoms with Gasteiger partial charge < -0.3 is 5.32 Å². The van der Waals surface area contributed by atoms with Crippen molar-refractivity contribution >= 4 is 12.0 Å². The van der Waals surface area contributed by atoms with Crippen LogP contribution in [0.5, 0.6) is 0 Å². The minimum absolute atomic E-state index is 0.887. The van der Waals surface area contributed by atoms with Gasteiger partial charge in [0.05, 0.1) is 6.34 Å². The Morgan fingerprint density at radius 1 is 1.36 bits per heavy atom. The topological polar surface area (TPSA) is 24.4 Å². The number of rotatable bonds is 4. The third kappa shape index (κ3) is 3.21. The Morgan fingerprint density at radius 3 is 2.79 bits per heavy atom. The average molecular weight is 190 g/mol. The molecule has 0 atom stereocenters. The van der Waals surface area contributed by atoms with Crippen LogP contribution in [-0.2, 0) is 0 Å². The number of anilines is 1. The van der Waals surface area contributed by atoms with Crippen LogP contribution in [0.15, 0.2) is 23.2 Å². The standard InChI is InChI=1S/C12H18N2/c1-4-7-13-9-14-12-6-5-10(2)8-11(12)3/h5-6,8-9H,4,7H2,1-3H3,(H,13,14). The third-order valence-corrected chi connectivity index (χ3v) is 2.05. The molecule has 0 aliphatic rings. The molecule has 0 aromatic heterocycles. The van der Waals surface area contributed by atoms with Crippen molar-refractivity contribution in [3.63, 3.8) is 0 Å². The van der Waals surface area contributed by atoms with Crippen molar-refractivity contribution in [2.75, 3.05) is 11.9 Å².